The van der Waals surface area contributed by atoms with E-state index in [9.17, 15) is 4.79 Å². The highest BCUT2D eigenvalue weighted by molar-refractivity contribution is 8.00. The molecule has 0 radical (unpaired) electrons. The minimum absolute atomic E-state index is 0.219. The van der Waals surface area contributed by atoms with Gasteiger partial charge in [0.1, 0.15) is 16.2 Å². The number of rotatable bonds is 7. The Balaban J connectivity index is 1.47. The lowest BCUT2D eigenvalue weighted by Gasteiger charge is -2.06. The van der Waals surface area contributed by atoms with Crippen LogP contribution in [0.3, 0.4) is 0 Å². The summed E-state index contributed by atoms with van der Waals surface area (Å²) in [6, 6.07) is 5.97. The third kappa shape index (κ3) is 4.59. The highest BCUT2D eigenvalue weighted by Crippen LogP contribution is 2.34. The van der Waals surface area contributed by atoms with Gasteiger partial charge in [0.25, 0.3) is 0 Å². The first-order valence-electron chi connectivity index (χ1n) is 8.46. The lowest BCUT2D eigenvalue weighted by molar-refractivity contribution is -0.140. The van der Waals surface area contributed by atoms with Crippen LogP contribution in [0.2, 0.25) is 0 Å². The van der Waals surface area contributed by atoms with E-state index >= 15 is 0 Å². The predicted octanol–water partition coefficient (Wildman–Crippen LogP) is 4.28. The van der Waals surface area contributed by atoms with Crippen LogP contribution in [-0.2, 0) is 16.0 Å². The summed E-state index contributed by atoms with van der Waals surface area (Å²) in [5.41, 5.74) is 3.22. The van der Waals surface area contributed by atoms with Crippen molar-refractivity contribution in [2.45, 2.75) is 38.6 Å². The van der Waals surface area contributed by atoms with Crippen LogP contribution in [0.1, 0.15) is 28.2 Å². The number of pyridine rings is 1. The van der Waals surface area contributed by atoms with Gasteiger partial charge < -0.3 is 4.74 Å². The number of hydrogen-bond donors (Lipinski definition) is 0. The molecule has 7 heteroatoms. The molecule has 3 rings (SSSR count). The van der Waals surface area contributed by atoms with E-state index < -0.39 is 0 Å². The summed E-state index contributed by atoms with van der Waals surface area (Å²) in [6.07, 6.45) is 3.13. The molecule has 3 aromatic heterocycles. The number of carbonyl (C=O) groups excluding carboxylic acids is 1. The van der Waals surface area contributed by atoms with E-state index in [2.05, 4.69) is 28.8 Å². The number of nitrogens with zero attached hydrogens (tertiary/aromatic N) is 3. The molecule has 0 aliphatic heterocycles. The minimum Gasteiger partial charge on any atom is -0.465 e. The minimum atomic E-state index is -0.219. The molecule has 0 fully saturated rings. The summed E-state index contributed by atoms with van der Waals surface area (Å²) in [5, 5.41) is 1.90. The third-order valence-corrected chi connectivity index (χ3v) is 6.12. The van der Waals surface area contributed by atoms with Crippen molar-refractivity contribution in [3.8, 4) is 0 Å². The normalized spacial score (nSPS) is 11.0. The predicted molar refractivity (Wildman–Crippen MR) is 106 cm³/mol. The molecule has 0 amide bonds. The number of esters is 1. The molecular weight excluding hydrogens is 366 g/mol. The summed E-state index contributed by atoms with van der Waals surface area (Å²) in [6.45, 7) is 6.53. The van der Waals surface area contributed by atoms with Crippen LogP contribution in [0.5, 0.6) is 0 Å². The molecule has 5 nitrogen and oxygen atoms in total. The van der Waals surface area contributed by atoms with Crippen molar-refractivity contribution in [1.82, 2.24) is 15.0 Å². The summed E-state index contributed by atoms with van der Waals surface area (Å²) < 4.78 is 5.33. The molecule has 0 N–H and O–H groups in total. The lowest BCUT2D eigenvalue weighted by atomic mass is 10.2. The van der Waals surface area contributed by atoms with E-state index in [-0.39, 0.29) is 11.7 Å². The summed E-state index contributed by atoms with van der Waals surface area (Å²) in [7, 11) is 0. The molecular formula is C19H21N3O2S2. The van der Waals surface area contributed by atoms with E-state index in [4.69, 9.17) is 4.74 Å². The van der Waals surface area contributed by atoms with Gasteiger partial charge in [-0.1, -0.05) is 17.8 Å². The van der Waals surface area contributed by atoms with Gasteiger partial charge in [0, 0.05) is 21.7 Å². The Morgan fingerprint density at radius 1 is 1.23 bits per heavy atom. The van der Waals surface area contributed by atoms with E-state index in [0.717, 1.165) is 39.5 Å². The molecule has 0 atom stereocenters. The maximum Gasteiger partial charge on any atom is 0.316 e. The molecule has 0 aliphatic rings. The molecule has 136 valence electrons. The summed E-state index contributed by atoms with van der Waals surface area (Å²) >= 11 is 3.07. The van der Waals surface area contributed by atoms with Gasteiger partial charge >= 0.3 is 5.97 Å². The van der Waals surface area contributed by atoms with Gasteiger partial charge in [-0.25, -0.2) is 9.97 Å². The van der Waals surface area contributed by atoms with Gasteiger partial charge in [-0.3, -0.25) is 9.78 Å². The van der Waals surface area contributed by atoms with E-state index in [1.807, 2.05) is 25.1 Å². The molecule has 0 spiro atoms. The second kappa shape index (κ2) is 8.60. The maximum absolute atomic E-state index is 12.0. The van der Waals surface area contributed by atoms with Gasteiger partial charge in [0.05, 0.1) is 12.4 Å². The van der Waals surface area contributed by atoms with Crippen LogP contribution in [0.25, 0.3) is 10.2 Å². The van der Waals surface area contributed by atoms with Crippen molar-refractivity contribution in [2.24, 2.45) is 0 Å². The standard InChI is InChI=1S/C19H21N3O2S2/c1-12-6-4-7-15(22-12)8-5-9-24-16(23)10-25-18-17-13(2)14(3)26-19(17)21-11-20-18/h4,6-7,11H,5,8-10H2,1-3H3. The number of aryl methyl sites for hydroxylation is 4. The molecule has 0 saturated carbocycles. The lowest BCUT2D eigenvalue weighted by Crippen LogP contribution is -2.09. The van der Waals surface area contributed by atoms with Crippen molar-refractivity contribution >= 4 is 39.3 Å². The number of carbonyl (C=O) groups is 1. The average Bonchev–Trinajstić information content (AvgIpc) is 2.92. The number of aromatic nitrogens is 3. The topological polar surface area (TPSA) is 65.0 Å². The Bertz CT molecular complexity index is 924. The number of fused-ring (bicyclic) bond motifs is 1. The fraction of sp³-hybridized carbons (Fsp3) is 0.368. The molecule has 26 heavy (non-hydrogen) atoms. The summed E-state index contributed by atoms with van der Waals surface area (Å²) in [5.74, 6) is 0.0342. The quantitative estimate of drug-likeness (QED) is 0.261. The van der Waals surface area contributed by atoms with Crippen molar-refractivity contribution < 1.29 is 9.53 Å². The van der Waals surface area contributed by atoms with E-state index in [1.54, 1.807) is 17.7 Å². The fourth-order valence-corrected chi connectivity index (χ4v) is 4.52. The second-order valence-corrected chi connectivity index (χ2v) is 8.19. The van der Waals surface area contributed by atoms with Crippen LogP contribution >= 0.6 is 23.1 Å². The Labute approximate surface area is 161 Å². The van der Waals surface area contributed by atoms with Gasteiger partial charge in [0.15, 0.2) is 0 Å². The summed E-state index contributed by atoms with van der Waals surface area (Å²) in [4.78, 5) is 27.3. The number of thioether (sulfide) groups is 1. The highest BCUT2D eigenvalue weighted by atomic mass is 32.2. The molecule has 0 aromatic carbocycles. The molecule has 0 unspecified atom stereocenters. The van der Waals surface area contributed by atoms with E-state index in [1.165, 1.54) is 22.2 Å². The van der Waals surface area contributed by atoms with Crippen LogP contribution < -0.4 is 0 Å². The maximum atomic E-state index is 12.0. The fourth-order valence-electron chi connectivity index (χ4n) is 2.61. The third-order valence-electron chi connectivity index (χ3n) is 4.04. The first kappa shape index (κ1) is 18.8. The van der Waals surface area contributed by atoms with Crippen LogP contribution in [0.15, 0.2) is 29.6 Å². The van der Waals surface area contributed by atoms with Crippen LogP contribution in [-0.4, -0.2) is 33.3 Å². The molecule has 0 bridgehead atoms. The van der Waals surface area contributed by atoms with Crippen molar-refractivity contribution in [1.29, 1.82) is 0 Å². The smallest absolute Gasteiger partial charge is 0.316 e. The first-order chi connectivity index (χ1) is 12.5. The van der Waals surface area contributed by atoms with Gasteiger partial charge in [-0.05, 0) is 51.3 Å². The number of ether oxygens (including phenoxy) is 1. The second-order valence-electron chi connectivity index (χ2n) is 6.03. The van der Waals surface area contributed by atoms with Crippen LogP contribution in [0, 0.1) is 20.8 Å². The van der Waals surface area contributed by atoms with Gasteiger partial charge in [0.2, 0.25) is 0 Å². The van der Waals surface area contributed by atoms with Crippen molar-refractivity contribution in [2.75, 3.05) is 12.4 Å². The largest absolute Gasteiger partial charge is 0.465 e. The Hall–Kier alpha value is -1.99. The Morgan fingerprint density at radius 3 is 2.88 bits per heavy atom. The molecule has 3 aromatic rings. The molecule has 0 aliphatic carbocycles. The molecule has 0 saturated heterocycles. The SMILES string of the molecule is Cc1cccc(CCCOC(=O)CSc2ncnc3sc(C)c(C)c23)n1. The average molecular weight is 388 g/mol. The first-order valence-corrected chi connectivity index (χ1v) is 10.3. The number of thiophene rings is 1. The monoisotopic (exact) mass is 387 g/mol. The zero-order valence-electron chi connectivity index (χ0n) is 15.1. The Morgan fingerprint density at radius 2 is 2.08 bits per heavy atom. The van der Waals surface area contributed by atoms with Gasteiger partial charge in [-0.15, -0.1) is 11.3 Å². The van der Waals surface area contributed by atoms with Crippen molar-refractivity contribution in [3.05, 3.63) is 46.4 Å². The zero-order chi connectivity index (χ0) is 18.5. The highest BCUT2D eigenvalue weighted by Gasteiger charge is 2.14. The van der Waals surface area contributed by atoms with Gasteiger partial charge in [-0.2, -0.15) is 0 Å². The van der Waals surface area contributed by atoms with Crippen molar-refractivity contribution in [3.63, 3.8) is 0 Å². The number of hydrogen-bond acceptors (Lipinski definition) is 7. The molecule has 3 heterocycles. The Kier molecular flexibility index (Phi) is 6.21. The van der Waals surface area contributed by atoms with Crippen LogP contribution in [0.4, 0.5) is 0 Å². The van der Waals surface area contributed by atoms with E-state index in [0.29, 0.717) is 6.61 Å². The zero-order valence-corrected chi connectivity index (χ0v) is 16.7.